The van der Waals surface area contributed by atoms with Gasteiger partial charge in [-0.25, -0.2) is 8.78 Å². The monoisotopic (exact) mass is 369 g/mol. The van der Waals surface area contributed by atoms with E-state index in [9.17, 15) is 8.78 Å². The van der Waals surface area contributed by atoms with Crippen LogP contribution in [0.3, 0.4) is 0 Å². The first-order valence-corrected chi connectivity index (χ1v) is 8.66. The summed E-state index contributed by atoms with van der Waals surface area (Å²) < 4.78 is 34.2. The van der Waals surface area contributed by atoms with Crippen LogP contribution in [-0.4, -0.2) is 17.4 Å². The summed E-state index contributed by atoms with van der Waals surface area (Å²) in [5, 5.41) is 4.08. The second-order valence-corrected chi connectivity index (χ2v) is 6.08. The first-order valence-electron chi connectivity index (χ1n) is 8.66. The van der Waals surface area contributed by atoms with Crippen LogP contribution in [0.2, 0.25) is 0 Å². The van der Waals surface area contributed by atoms with Crippen LogP contribution in [0, 0.1) is 25.5 Å². The van der Waals surface area contributed by atoms with Crippen molar-refractivity contribution in [3.63, 3.8) is 0 Å². The van der Waals surface area contributed by atoms with E-state index in [0.29, 0.717) is 6.61 Å². The van der Waals surface area contributed by atoms with Crippen LogP contribution < -0.4 is 10.2 Å². The van der Waals surface area contributed by atoms with Gasteiger partial charge in [0.25, 0.3) is 0 Å². The Bertz CT molecular complexity index is 962. The number of hydrogen-bond acceptors (Lipinski definition) is 3. The van der Waals surface area contributed by atoms with Gasteiger partial charge in [0.05, 0.1) is 18.5 Å². The number of hydrazone groups is 1. The average molecular weight is 369 g/mol. The van der Waals surface area contributed by atoms with Crippen molar-refractivity contribution in [3.8, 4) is 11.4 Å². The molecule has 0 spiro atoms. The van der Waals surface area contributed by atoms with E-state index in [1.807, 2.05) is 51.1 Å². The molecule has 27 heavy (non-hydrogen) atoms. The third kappa shape index (κ3) is 4.16. The van der Waals surface area contributed by atoms with Gasteiger partial charge in [-0.1, -0.05) is 0 Å². The predicted molar refractivity (Wildman–Crippen MR) is 104 cm³/mol. The van der Waals surface area contributed by atoms with Crippen molar-refractivity contribution in [2.45, 2.75) is 20.8 Å². The van der Waals surface area contributed by atoms with Crippen LogP contribution in [-0.2, 0) is 0 Å². The summed E-state index contributed by atoms with van der Waals surface area (Å²) in [6, 6.07) is 13.2. The van der Waals surface area contributed by atoms with Gasteiger partial charge in [0.2, 0.25) is 0 Å². The third-order valence-corrected chi connectivity index (χ3v) is 4.20. The molecule has 0 bridgehead atoms. The molecule has 0 unspecified atom stereocenters. The molecule has 140 valence electrons. The van der Waals surface area contributed by atoms with Gasteiger partial charge >= 0.3 is 0 Å². The lowest BCUT2D eigenvalue weighted by molar-refractivity contribution is 0.340. The number of halogens is 2. The molecule has 6 heteroatoms. The fourth-order valence-corrected chi connectivity index (χ4v) is 2.93. The van der Waals surface area contributed by atoms with E-state index in [1.165, 1.54) is 12.1 Å². The van der Waals surface area contributed by atoms with Crippen LogP contribution in [0.4, 0.5) is 14.5 Å². The van der Waals surface area contributed by atoms with Gasteiger partial charge in [-0.05, 0) is 63.2 Å². The highest BCUT2D eigenvalue weighted by molar-refractivity contribution is 5.82. The van der Waals surface area contributed by atoms with Gasteiger partial charge in [-0.15, -0.1) is 0 Å². The molecule has 1 N–H and O–H groups in total. The van der Waals surface area contributed by atoms with Crippen molar-refractivity contribution >= 4 is 11.9 Å². The number of anilines is 1. The lowest BCUT2D eigenvalue weighted by atomic mass is 10.2. The second-order valence-electron chi connectivity index (χ2n) is 6.08. The topological polar surface area (TPSA) is 38.5 Å². The van der Waals surface area contributed by atoms with E-state index in [2.05, 4.69) is 15.1 Å². The lowest BCUT2D eigenvalue weighted by Crippen LogP contribution is -2.00. The van der Waals surface area contributed by atoms with Crippen molar-refractivity contribution in [3.05, 3.63) is 77.1 Å². The van der Waals surface area contributed by atoms with Gasteiger partial charge in [-0.2, -0.15) is 5.10 Å². The maximum atomic E-state index is 13.6. The minimum atomic E-state index is -0.688. The van der Waals surface area contributed by atoms with E-state index in [0.717, 1.165) is 34.5 Å². The summed E-state index contributed by atoms with van der Waals surface area (Å²) in [6.07, 6.45) is 1.62. The molecule has 4 nitrogen and oxygen atoms in total. The van der Waals surface area contributed by atoms with E-state index in [1.54, 1.807) is 6.21 Å². The summed E-state index contributed by atoms with van der Waals surface area (Å²) in [5.41, 5.74) is 6.69. The van der Waals surface area contributed by atoms with E-state index < -0.39 is 11.6 Å². The summed E-state index contributed by atoms with van der Waals surface area (Å²) in [4.78, 5) is 0. The normalized spacial score (nSPS) is 11.1. The van der Waals surface area contributed by atoms with Crippen molar-refractivity contribution in [2.75, 3.05) is 12.0 Å². The quantitative estimate of drug-likeness (QED) is 0.478. The van der Waals surface area contributed by atoms with Gasteiger partial charge in [0, 0.05) is 28.7 Å². The number of aromatic nitrogens is 1. The molecule has 0 fully saturated rings. The summed E-state index contributed by atoms with van der Waals surface area (Å²) in [5.74, 6) is -0.482. The van der Waals surface area contributed by atoms with Crippen LogP contribution in [0.1, 0.15) is 23.9 Å². The number of nitrogens with one attached hydrogen (secondary N) is 1. The van der Waals surface area contributed by atoms with E-state index in [-0.39, 0.29) is 5.69 Å². The zero-order valence-electron chi connectivity index (χ0n) is 15.5. The predicted octanol–water partition coefficient (Wildman–Crippen LogP) is 5.22. The molecule has 0 radical (unpaired) electrons. The van der Waals surface area contributed by atoms with Crippen LogP contribution in [0.15, 0.2) is 53.6 Å². The molecule has 2 aromatic carbocycles. The van der Waals surface area contributed by atoms with Crippen molar-refractivity contribution in [1.29, 1.82) is 0 Å². The van der Waals surface area contributed by atoms with Crippen molar-refractivity contribution in [2.24, 2.45) is 5.10 Å². The summed E-state index contributed by atoms with van der Waals surface area (Å²) >= 11 is 0. The van der Waals surface area contributed by atoms with Crippen LogP contribution in [0.5, 0.6) is 5.75 Å². The zero-order valence-corrected chi connectivity index (χ0v) is 15.5. The number of rotatable bonds is 6. The van der Waals surface area contributed by atoms with Gasteiger partial charge in [0.15, 0.2) is 5.82 Å². The Morgan fingerprint density at radius 1 is 1.07 bits per heavy atom. The Kier molecular flexibility index (Phi) is 5.54. The van der Waals surface area contributed by atoms with Crippen LogP contribution >= 0.6 is 0 Å². The number of nitrogens with zero attached hydrogens (tertiary/aromatic N) is 2. The van der Waals surface area contributed by atoms with Crippen LogP contribution in [0.25, 0.3) is 5.69 Å². The smallest absolute Gasteiger partial charge is 0.151 e. The number of hydrogen-bond donors (Lipinski definition) is 1. The second kappa shape index (κ2) is 8.03. The van der Waals surface area contributed by atoms with Gasteiger partial charge in [0.1, 0.15) is 11.6 Å². The zero-order chi connectivity index (χ0) is 19.4. The Morgan fingerprint density at radius 3 is 2.48 bits per heavy atom. The fraction of sp³-hybridized carbons (Fsp3) is 0.190. The molecule has 0 aliphatic carbocycles. The maximum Gasteiger partial charge on any atom is 0.151 e. The first kappa shape index (κ1) is 18.6. The molecule has 0 atom stereocenters. The molecule has 0 saturated carbocycles. The minimum absolute atomic E-state index is 0.118. The highest BCUT2D eigenvalue weighted by Crippen LogP contribution is 2.22. The largest absolute Gasteiger partial charge is 0.494 e. The molecule has 3 aromatic rings. The summed E-state index contributed by atoms with van der Waals surface area (Å²) in [7, 11) is 0. The lowest BCUT2D eigenvalue weighted by Gasteiger charge is -2.11. The van der Waals surface area contributed by atoms with E-state index in [4.69, 9.17) is 4.74 Å². The number of aryl methyl sites for hydroxylation is 1. The average Bonchev–Trinajstić information content (AvgIpc) is 2.92. The Hall–Kier alpha value is -3.15. The first-order chi connectivity index (χ1) is 13.0. The molecule has 0 aliphatic rings. The highest BCUT2D eigenvalue weighted by atomic mass is 19.1. The highest BCUT2D eigenvalue weighted by Gasteiger charge is 2.10. The van der Waals surface area contributed by atoms with Gasteiger partial charge < -0.3 is 9.30 Å². The number of ether oxygens (including phenoxy) is 1. The van der Waals surface area contributed by atoms with Crippen molar-refractivity contribution in [1.82, 2.24) is 4.57 Å². The Labute approximate surface area is 157 Å². The maximum absolute atomic E-state index is 13.6. The molecule has 0 amide bonds. The SMILES string of the molecule is CCOc1ccc(-n2c(C)cc(/C=N/Nc3ccc(F)cc3F)c2C)cc1. The Balaban J connectivity index is 1.80. The molecule has 3 rings (SSSR count). The standard InChI is InChI=1S/C21H21F2N3O/c1-4-27-19-8-6-18(7-9-19)26-14(2)11-16(15(26)3)13-24-25-21-10-5-17(22)12-20(21)23/h5-13,25H,4H2,1-3H3/b24-13+. The molecule has 1 heterocycles. The molecule has 0 aliphatic heterocycles. The van der Waals surface area contributed by atoms with Crippen molar-refractivity contribution < 1.29 is 13.5 Å². The van der Waals surface area contributed by atoms with Gasteiger partial charge in [-0.3, -0.25) is 5.43 Å². The minimum Gasteiger partial charge on any atom is -0.494 e. The molecular weight excluding hydrogens is 348 g/mol. The molecule has 1 aromatic heterocycles. The molecular formula is C21H21F2N3O. The third-order valence-electron chi connectivity index (χ3n) is 4.20. The fourth-order valence-electron chi connectivity index (χ4n) is 2.93. The molecule has 0 saturated heterocycles. The Morgan fingerprint density at radius 2 is 1.81 bits per heavy atom. The summed E-state index contributed by atoms with van der Waals surface area (Å²) in [6.45, 7) is 6.58. The van der Waals surface area contributed by atoms with E-state index >= 15 is 0 Å². The number of benzene rings is 2.